The molecule has 1 aromatic heterocycles. The van der Waals surface area contributed by atoms with Gasteiger partial charge in [-0.25, -0.2) is 4.98 Å². The van der Waals surface area contributed by atoms with E-state index in [1.54, 1.807) is 0 Å². The van der Waals surface area contributed by atoms with Gasteiger partial charge in [0.25, 0.3) is 0 Å². The second kappa shape index (κ2) is 7.71. The van der Waals surface area contributed by atoms with Crippen LogP contribution in [-0.2, 0) is 6.42 Å². The highest BCUT2D eigenvalue weighted by molar-refractivity contribution is 7.99. The third kappa shape index (κ3) is 5.19. The largest absolute Gasteiger partial charge is 0.330 e. The molecule has 2 N–H and O–H groups in total. The fourth-order valence-electron chi connectivity index (χ4n) is 1.34. The maximum Gasteiger partial charge on any atom is 0.0960 e. The van der Waals surface area contributed by atoms with Crippen molar-refractivity contribution in [2.45, 2.75) is 37.6 Å². The Balaban J connectivity index is 2.29. The van der Waals surface area contributed by atoms with Gasteiger partial charge in [-0.3, -0.25) is 0 Å². The summed E-state index contributed by atoms with van der Waals surface area (Å²) >= 11 is 1.84. The van der Waals surface area contributed by atoms with Crippen LogP contribution in [0.5, 0.6) is 0 Å². The van der Waals surface area contributed by atoms with Gasteiger partial charge in [0.15, 0.2) is 0 Å². The van der Waals surface area contributed by atoms with Gasteiger partial charge in [0.1, 0.15) is 0 Å². The zero-order valence-corrected chi connectivity index (χ0v) is 10.2. The van der Waals surface area contributed by atoms with Crippen molar-refractivity contribution in [1.29, 1.82) is 0 Å². The summed E-state index contributed by atoms with van der Waals surface area (Å²) in [5.74, 6) is 1.18. The van der Waals surface area contributed by atoms with E-state index in [-0.39, 0.29) is 0 Å². The number of nitrogens with two attached hydrogens (primary N) is 1. The molecule has 0 aliphatic rings. The molecule has 0 unspecified atom stereocenters. The highest BCUT2D eigenvalue weighted by Crippen LogP contribution is 2.17. The Kier molecular flexibility index (Phi) is 6.44. The summed E-state index contributed by atoms with van der Waals surface area (Å²) in [6.45, 7) is 2.93. The van der Waals surface area contributed by atoms with Gasteiger partial charge in [-0.2, -0.15) is 0 Å². The van der Waals surface area contributed by atoms with Crippen molar-refractivity contribution >= 4 is 11.8 Å². The number of thioether (sulfide) groups is 1. The molecule has 0 atom stereocenters. The van der Waals surface area contributed by atoms with E-state index in [2.05, 4.69) is 24.0 Å². The highest BCUT2D eigenvalue weighted by atomic mass is 32.2. The number of pyridine rings is 1. The van der Waals surface area contributed by atoms with Gasteiger partial charge in [-0.1, -0.05) is 25.8 Å². The standard InChI is InChI=1S/C12H20N2S/c1-2-3-4-9-15-12-6-5-11(7-8-13)10-14-12/h5-6,10H,2-4,7-9,13H2,1H3. The molecule has 0 amide bonds. The van der Waals surface area contributed by atoms with Crippen LogP contribution in [0, 0.1) is 0 Å². The molecule has 0 saturated carbocycles. The Hall–Kier alpha value is -0.540. The van der Waals surface area contributed by atoms with Crippen molar-refractivity contribution in [1.82, 2.24) is 4.98 Å². The molecule has 3 heteroatoms. The van der Waals surface area contributed by atoms with Crippen molar-refractivity contribution < 1.29 is 0 Å². The minimum absolute atomic E-state index is 0.699. The van der Waals surface area contributed by atoms with Gasteiger partial charge in [-0.05, 0) is 36.8 Å². The molecule has 1 aromatic rings. The van der Waals surface area contributed by atoms with Gasteiger partial charge < -0.3 is 5.73 Å². The molecule has 0 fully saturated rings. The molecule has 84 valence electrons. The maximum absolute atomic E-state index is 5.48. The van der Waals surface area contributed by atoms with Crippen LogP contribution in [0.3, 0.4) is 0 Å². The van der Waals surface area contributed by atoms with Crippen LogP contribution in [0.15, 0.2) is 23.4 Å². The zero-order chi connectivity index (χ0) is 10.9. The number of nitrogens with zero attached hydrogens (tertiary/aromatic N) is 1. The minimum atomic E-state index is 0.699. The van der Waals surface area contributed by atoms with Crippen molar-refractivity contribution in [2.24, 2.45) is 5.73 Å². The second-order valence-electron chi connectivity index (χ2n) is 3.60. The minimum Gasteiger partial charge on any atom is -0.330 e. The third-order valence-corrected chi connectivity index (χ3v) is 3.26. The first kappa shape index (κ1) is 12.5. The van der Waals surface area contributed by atoms with Crippen LogP contribution >= 0.6 is 11.8 Å². The van der Waals surface area contributed by atoms with E-state index in [1.165, 1.54) is 30.6 Å². The average Bonchev–Trinajstić information content (AvgIpc) is 2.27. The maximum atomic E-state index is 5.48. The van der Waals surface area contributed by atoms with E-state index >= 15 is 0 Å². The van der Waals surface area contributed by atoms with E-state index in [0.29, 0.717) is 6.54 Å². The van der Waals surface area contributed by atoms with Gasteiger partial charge in [-0.15, -0.1) is 11.8 Å². The Bertz CT molecular complexity index is 259. The fraction of sp³-hybridized carbons (Fsp3) is 0.583. The Morgan fingerprint density at radius 3 is 2.80 bits per heavy atom. The average molecular weight is 224 g/mol. The molecule has 15 heavy (non-hydrogen) atoms. The van der Waals surface area contributed by atoms with E-state index in [4.69, 9.17) is 5.73 Å². The molecular weight excluding hydrogens is 204 g/mol. The molecule has 2 nitrogen and oxygen atoms in total. The number of aromatic nitrogens is 1. The lowest BCUT2D eigenvalue weighted by Crippen LogP contribution is -2.02. The number of unbranched alkanes of at least 4 members (excludes halogenated alkanes) is 2. The molecule has 0 aliphatic carbocycles. The summed E-state index contributed by atoms with van der Waals surface area (Å²) in [6, 6.07) is 4.23. The van der Waals surface area contributed by atoms with Crippen molar-refractivity contribution in [3.8, 4) is 0 Å². The highest BCUT2D eigenvalue weighted by Gasteiger charge is 1.96. The number of rotatable bonds is 7. The quantitative estimate of drug-likeness (QED) is 0.572. The predicted molar refractivity (Wildman–Crippen MR) is 67.2 cm³/mol. The van der Waals surface area contributed by atoms with Crippen LogP contribution in [0.25, 0.3) is 0 Å². The van der Waals surface area contributed by atoms with Crippen LogP contribution in [0.4, 0.5) is 0 Å². The molecule has 0 radical (unpaired) electrons. The second-order valence-corrected chi connectivity index (χ2v) is 4.71. The first-order chi connectivity index (χ1) is 7.36. The molecule has 0 bridgehead atoms. The summed E-state index contributed by atoms with van der Waals surface area (Å²) in [5.41, 5.74) is 6.71. The lowest BCUT2D eigenvalue weighted by atomic mass is 10.2. The zero-order valence-electron chi connectivity index (χ0n) is 9.41. The van der Waals surface area contributed by atoms with Gasteiger partial charge in [0.2, 0.25) is 0 Å². The van der Waals surface area contributed by atoms with Crippen LogP contribution in [0.1, 0.15) is 31.7 Å². The van der Waals surface area contributed by atoms with E-state index in [9.17, 15) is 0 Å². The predicted octanol–water partition coefficient (Wildman–Crippen LogP) is 2.87. The van der Waals surface area contributed by atoms with Crippen molar-refractivity contribution in [3.63, 3.8) is 0 Å². The Morgan fingerprint density at radius 2 is 2.20 bits per heavy atom. The Morgan fingerprint density at radius 1 is 1.33 bits per heavy atom. The summed E-state index contributed by atoms with van der Waals surface area (Å²) < 4.78 is 0. The monoisotopic (exact) mass is 224 g/mol. The van der Waals surface area contributed by atoms with Crippen LogP contribution in [-0.4, -0.2) is 17.3 Å². The van der Waals surface area contributed by atoms with Gasteiger partial charge >= 0.3 is 0 Å². The van der Waals surface area contributed by atoms with Crippen molar-refractivity contribution in [3.05, 3.63) is 23.9 Å². The Labute approximate surface area is 96.7 Å². The third-order valence-electron chi connectivity index (χ3n) is 2.23. The van der Waals surface area contributed by atoms with Crippen molar-refractivity contribution in [2.75, 3.05) is 12.3 Å². The van der Waals surface area contributed by atoms with Crippen LogP contribution < -0.4 is 5.73 Å². The fourth-order valence-corrected chi connectivity index (χ4v) is 2.19. The molecule has 0 aliphatic heterocycles. The summed E-state index contributed by atoms with van der Waals surface area (Å²) in [6.07, 6.45) is 6.75. The first-order valence-corrected chi connectivity index (χ1v) is 6.63. The summed E-state index contributed by atoms with van der Waals surface area (Å²) in [4.78, 5) is 4.40. The van der Waals surface area contributed by atoms with E-state index in [1.807, 2.05) is 18.0 Å². The first-order valence-electron chi connectivity index (χ1n) is 5.64. The lowest BCUT2D eigenvalue weighted by molar-refractivity contribution is 0.778. The molecule has 0 aromatic carbocycles. The lowest BCUT2D eigenvalue weighted by Gasteiger charge is -2.02. The van der Waals surface area contributed by atoms with Crippen LogP contribution in [0.2, 0.25) is 0 Å². The molecule has 1 heterocycles. The van der Waals surface area contributed by atoms with E-state index < -0.39 is 0 Å². The topological polar surface area (TPSA) is 38.9 Å². The SMILES string of the molecule is CCCCCSc1ccc(CCN)cn1. The van der Waals surface area contributed by atoms with E-state index in [0.717, 1.165) is 11.4 Å². The normalized spacial score (nSPS) is 10.5. The number of hydrogen-bond donors (Lipinski definition) is 1. The smallest absolute Gasteiger partial charge is 0.0960 e. The summed E-state index contributed by atoms with van der Waals surface area (Å²) in [7, 11) is 0. The molecule has 0 saturated heterocycles. The van der Waals surface area contributed by atoms with Gasteiger partial charge in [0, 0.05) is 6.20 Å². The summed E-state index contributed by atoms with van der Waals surface area (Å²) in [5, 5.41) is 1.13. The molecule has 0 spiro atoms. The molecule has 1 rings (SSSR count). The number of hydrogen-bond acceptors (Lipinski definition) is 3. The molecular formula is C12H20N2S. The van der Waals surface area contributed by atoms with Gasteiger partial charge in [0.05, 0.1) is 5.03 Å².